The molecule has 3 aromatic rings. The topological polar surface area (TPSA) is 78.7 Å². The summed E-state index contributed by atoms with van der Waals surface area (Å²) >= 11 is 0. The highest BCUT2D eigenvalue weighted by atomic mass is 19.1. The van der Waals surface area contributed by atoms with Crippen molar-refractivity contribution in [3.8, 4) is 0 Å². The lowest BCUT2D eigenvalue weighted by molar-refractivity contribution is 0.0695. The third-order valence-electron chi connectivity index (χ3n) is 5.39. The number of carboxylic acid groups (broad SMARTS) is 1. The van der Waals surface area contributed by atoms with E-state index in [4.69, 9.17) is 0 Å². The number of aryl methyl sites for hydroxylation is 1. The monoisotopic (exact) mass is 402 g/mol. The molecule has 0 bridgehead atoms. The van der Waals surface area contributed by atoms with Crippen molar-refractivity contribution in [2.24, 2.45) is 0 Å². The third-order valence-corrected chi connectivity index (χ3v) is 5.39. The van der Waals surface area contributed by atoms with Crippen LogP contribution in [0.4, 0.5) is 14.5 Å². The van der Waals surface area contributed by atoms with Crippen LogP contribution in [0.1, 0.15) is 17.3 Å². The van der Waals surface area contributed by atoms with Crippen LogP contribution in [0.15, 0.2) is 23.1 Å². The molecule has 0 atom stereocenters. The molecule has 0 aliphatic carbocycles. The van der Waals surface area contributed by atoms with E-state index in [0.29, 0.717) is 32.7 Å². The largest absolute Gasteiger partial charge is 0.477 e. The van der Waals surface area contributed by atoms with Crippen LogP contribution in [0.2, 0.25) is 0 Å². The van der Waals surface area contributed by atoms with Gasteiger partial charge in [0.2, 0.25) is 5.43 Å². The van der Waals surface area contributed by atoms with Gasteiger partial charge >= 0.3 is 5.97 Å². The average Bonchev–Trinajstić information content (AvgIpc) is 2.69. The highest BCUT2D eigenvalue weighted by Crippen LogP contribution is 2.31. The van der Waals surface area contributed by atoms with Crippen LogP contribution < -0.4 is 10.3 Å². The number of hydrogen-bond donors (Lipinski definition) is 1. The van der Waals surface area contributed by atoms with Crippen LogP contribution in [-0.2, 0) is 6.54 Å². The van der Waals surface area contributed by atoms with Crippen LogP contribution in [0.5, 0.6) is 0 Å². The first-order valence-corrected chi connectivity index (χ1v) is 9.34. The quantitative estimate of drug-likeness (QED) is 0.678. The summed E-state index contributed by atoms with van der Waals surface area (Å²) in [6.45, 7) is 4.46. The minimum absolute atomic E-state index is 0.0189. The second kappa shape index (κ2) is 7.07. The van der Waals surface area contributed by atoms with Gasteiger partial charge in [0, 0.05) is 44.3 Å². The number of likely N-dealkylation sites (N-methyl/N-ethyl adjacent to an activating group) is 1. The Morgan fingerprint density at radius 1 is 1.21 bits per heavy atom. The van der Waals surface area contributed by atoms with E-state index in [1.807, 2.05) is 7.05 Å². The van der Waals surface area contributed by atoms with Gasteiger partial charge in [0.25, 0.3) is 0 Å². The first-order chi connectivity index (χ1) is 13.8. The summed E-state index contributed by atoms with van der Waals surface area (Å²) in [4.78, 5) is 32.0. The maximum absolute atomic E-state index is 15.3. The minimum atomic E-state index is -1.36. The second-order valence-electron chi connectivity index (χ2n) is 7.21. The van der Waals surface area contributed by atoms with Crippen molar-refractivity contribution in [2.75, 3.05) is 38.1 Å². The standard InChI is InChI=1S/C20H20F2N4O3/c1-3-25-10-13(20(28)29)18(27)12-8-11-9-14(21)17(15(22)16(11)23-19(12)25)26-6-4-24(2)5-7-26/h8-10H,3-7H2,1-2H3,(H,28,29). The number of aromatic carboxylic acids is 1. The number of piperazine rings is 1. The molecule has 4 rings (SSSR count). The number of rotatable bonds is 3. The van der Waals surface area contributed by atoms with Crippen LogP contribution in [0.25, 0.3) is 21.9 Å². The van der Waals surface area contributed by atoms with Crippen molar-refractivity contribution in [1.82, 2.24) is 14.5 Å². The molecule has 0 unspecified atom stereocenters. The Bertz CT molecular complexity index is 1200. The summed E-state index contributed by atoms with van der Waals surface area (Å²) in [7, 11) is 1.95. The van der Waals surface area contributed by atoms with Crippen molar-refractivity contribution in [1.29, 1.82) is 0 Å². The first kappa shape index (κ1) is 19.3. The van der Waals surface area contributed by atoms with E-state index in [1.165, 1.54) is 16.8 Å². The van der Waals surface area contributed by atoms with Crippen molar-refractivity contribution in [3.05, 3.63) is 45.8 Å². The molecule has 0 saturated carbocycles. The number of fused-ring (bicyclic) bond motifs is 2. The second-order valence-corrected chi connectivity index (χ2v) is 7.21. The van der Waals surface area contributed by atoms with Gasteiger partial charge in [-0.1, -0.05) is 0 Å². The van der Waals surface area contributed by atoms with Gasteiger partial charge in [-0.05, 0) is 26.1 Å². The molecule has 1 aliphatic heterocycles. The van der Waals surface area contributed by atoms with Crippen LogP contribution in [0.3, 0.4) is 0 Å². The molecule has 1 saturated heterocycles. The van der Waals surface area contributed by atoms with Crippen molar-refractivity contribution >= 4 is 33.6 Å². The molecular formula is C20H20F2N4O3. The lowest BCUT2D eigenvalue weighted by atomic mass is 10.1. The molecule has 0 spiro atoms. The van der Waals surface area contributed by atoms with Crippen molar-refractivity contribution in [3.63, 3.8) is 0 Å². The minimum Gasteiger partial charge on any atom is -0.477 e. The van der Waals surface area contributed by atoms with E-state index in [1.54, 1.807) is 11.8 Å². The van der Waals surface area contributed by atoms with Crippen LogP contribution >= 0.6 is 0 Å². The number of halogens is 2. The van der Waals surface area contributed by atoms with Gasteiger partial charge in [-0.2, -0.15) is 0 Å². The van der Waals surface area contributed by atoms with Gasteiger partial charge < -0.3 is 19.5 Å². The zero-order chi connectivity index (χ0) is 20.9. The van der Waals surface area contributed by atoms with E-state index < -0.39 is 28.6 Å². The van der Waals surface area contributed by atoms with Gasteiger partial charge in [-0.15, -0.1) is 0 Å². The average molecular weight is 402 g/mol. The van der Waals surface area contributed by atoms with Gasteiger partial charge in [0.1, 0.15) is 28.2 Å². The summed E-state index contributed by atoms with van der Waals surface area (Å²) in [5.41, 5.74) is -1.13. The number of aromatic nitrogens is 2. The smallest absolute Gasteiger partial charge is 0.341 e. The molecule has 1 fully saturated rings. The zero-order valence-corrected chi connectivity index (χ0v) is 16.1. The fourth-order valence-electron chi connectivity index (χ4n) is 3.75. The lowest BCUT2D eigenvalue weighted by Crippen LogP contribution is -2.45. The van der Waals surface area contributed by atoms with E-state index in [9.17, 15) is 19.1 Å². The summed E-state index contributed by atoms with van der Waals surface area (Å²) in [5.74, 6) is -2.86. The molecule has 9 heteroatoms. The Morgan fingerprint density at radius 2 is 1.90 bits per heavy atom. The molecule has 0 amide bonds. The molecule has 1 N–H and O–H groups in total. The number of benzene rings is 1. The molecule has 2 aromatic heterocycles. The summed E-state index contributed by atoms with van der Waals surface area (Å²) in [6, 6.07) is 2.47. The molecule has 7 nitrogen and oxygen atoms in total. The molecule has 1 aliphatic rings. The maximum atomic E-state index is 15.3. The Morgan fingerprint density at radius 3 is 2.52 bits per heavy atom. The number of carboxylic acids is 1. The van der Waals surface area contributed by atoms with E-state index >= 15 is 4.39 Å². The maximum Gasteiger partial charge on any atom is 0.341 e. The Balaban J connectivity index is 1.99. The van der Waals surface area contributed by atoms with Crippen LogP contribution in [-0.4, -0.2) is 58.8 Å². The molecule has 3 heterocycles. The Kier molecular flexibility index (Phi) is 4.70. The van der Waals surface area contributed by atoms with Gasteiger partial charge in [-0.3, -0.25) is 4.79 Å². The summed E-state index contributed by atoms with van der Waals surface area (Å²) in [6.07, 6.45) is 1.20. The SMILES string of the molecule is CCn1cc(C(=O)O)c(=O)c2cc3cc(F)c(N4CCN(C)CC4)c(F)c3nc21. The first-order valence-electron chi connectivity index (χ1n) is 9.34. The molecule has 152 valence electrons. The number of hydrogen-bond acceptors (Lipinski definition) is 5. The fourth-order valence-corrected chi connectivity index (χ4v) is 3.75. The Hall–Kier alpha value is -3.07. The third kappa shape index (κ3) is 3.11. The summed E-state index contributed by atoms with van der Waals surface area (Å²) < 4.78 is 31.6. The van der Waals surface area contributed by atoms with E-state index in [-0.39, 0.29) is 27.6 Å². The van der Waals surface area contributed by atoms with E-state index in [0.717, 1.165) is 6.07 Å². The highest BCUT2D eigenvalue weighted by Gasteiger charge is 2.25. The number of pyridine rings is 2. The van der Waals surface area contributed by atoms with Gasteiger partial charge in [-0.25, -0.2) is 18.6 Å². The number of carbonyl (C=O) groups is 1. The number of nitrogens with zero attached hydrogens (tertiary/aromatic N) is 4. The molecule has 1 aromatic carbocycles. The van der Waals surface area contributed by atoms with Crippen LogP contribution in [0, 0.1) is 11.6 Å². The predicted octanol–water partition coefficient (Wildman–Crippen LogP) is 2.30. The van der Waals surface area contributed by atoms with Crippen molar-refractivity contribution in [2.45, 2.75) is 13.5 Å². The van der Waals surface area contributed by atoms with E-state index in [2.05, 4.69) is 9.88 Å². The highest BCUT2D eigenvalue weighted by molar-refractivity contribution is 5.97. The number of anilines is 1. The molecule has 0 radical (unpaired) electrons. The van der Waals surface area contributed by atoms with Gasteiger partial charge in [0.05, 0.1) is 5.39 Å². The molecular weight excluding hydrogens is 382 g/mol. The van der Waals surface area contributed by atoms with Crippen molar-refractivity contribution < 1.29 is 18.7 Å². The zero-order valence-electron chi connectivity index (χ0n) is 16.1. The lowest BCUT2D eigenvalue weighted by Gasteiger charge is -2.34. The Labute approximate surface area is 164 Å². The predicted molar refractivity (Wildman–Crippen MR) is 106 cm³/mol. The van der Waals surface area contributed by atoms with Gasteiger partial charge in [0.15, 0.2) is 5.82 Å². The fraction of sp³-hybridized carbons (Fsp3) is 0.350. The summed E-state index contributed by atoms with van der Waals surface area (Å²) in [5, 5.41) is 9.42. The molecule has 29 heavy (non-hydrogen) atoms. The normalized spacial score (nSPS) is 15.4.